The highest BCUT2D eigenvalue weighted by Gasteiger charge is 1.65. The van der Waals surface area contributed by atoms with Crippen molar-refractivity contribution in [2.75, 3.05) is 0 Å². The fraction of sp³-hybridized carbons (Fsp3) is 0. The number of hydrazine groups is 1. The van der Waals surface area contributed by atoms with Crippen LogP contribution < -0.4 is 17.4 Å². The quantitative estimate of drug-likeness (QED) is 0.228. The molecule has 0 saturated carbocycles. The molecule has 5 nitrogen and oxygen atoms in total. The number of hydrogen-bond donors (Lipinski definition) is 4. The van der Waals surface area contributed by atoms with E-state index in [-0.39, 0.29) is 4.70 Å². The summed E-state index contributed by atoms with van der Waals surface area (Å²) in [6, 6.07) is 0. The third-order valence-corrected chi connectivity index (χ3v) is 0. The summed E-state index contributed by atoms with van der Waals surface area (Å²) in [4.78, 5) is 8.78. The summed E-state index contributed by atoms with van der Waals surface area (Å²) in [5.74, 6) is 8.00. The van der Waals surface area contributed by atoms with Crippen LogP contribution in [0.15, 0.2) is 0 Å². The maximum absolute atomic E-state index is 8.78. The first-order chi connectivity index (χ1) is 2.73. The summed E-state index contributed by atoms with van der Waals surface area (Å²) in [6.07, 6.45) is -1.33. The zero-order valence-electron chi connectivity index (χ0n) is 3.50. The van der Waals surface area contributed by atoms with E-state index in [1.807, 2.05) is 0 Å². The molecule has 0 bridgehead atoms. The van der Waals surface area contributed by atoms with E-state index >= 15 is 0 Å². The Morgan fingerprint density at radius 3 is 1.43 bits per heavy atom. The fourth-order valence-corrected chi connectivity index (χ4v) is 0. The van der Waals surface area contributed by atoms with Gasteiger partial charge in [0.2, 0.25) is 0 Å². The van der Waals surface area contributed by atoms with E-state index in [0.29, 0.717) is 0 Å². The minimum atomic E-state index is -1.33. The van der Waals surface area contributed by atoms with Gasteiger partial charge in [0.05, 0.1) is 0 Å². The number of carboxylic acid groups (broad SMARTS) is 1. The van der Waals surface area contributed by atoms with Crippen LogP contribution in [-0.4, -0.2) is 11.2 Å². The molecule has 0 aliphatic heterocycles. The van der Waals surface area contributed by atoms with E-state index in [0.717, 1.165) is 0 Å². The first kappa shape index (κ1) is 16.5. The second-order valence-electron chi connectivity index (χ2n) is 0.338. The van der Waals surface area contributed by atoms with Crippen LogP contribution in [0.3, 0.4) is 0 Å². The molecule has 0 saturated heterocycles. The Morgan fingerprint density at radius 2 is 1.43 bits per heavy atom. The standard InChI is InChI=1S/CH3NO2.FH.H4N2/c2-1(3)4;;1-2/h2H2,(H,3,4);1H;1-2H2. The van der Waals surface area contributed by atoms with E-state index in [9.17, 15) is 0 Å². The summed E-state index contributed by atoms with van der Waals surface area (Å²) in [5, 5.41) is 7.19. The predicted octanol–water partition coefficient (Wildman–Crippen LogP) is -1.41. The average molecular weight is 113 g/mol. The van der Waals surface area contributed by atoms with Crippen LogP contribution >= 0.6 is 0 Å². The summed E-state index contributed by atoms with van der Waals surface area (Å²) in [5.41, 5.74) is 4.03. The van der Waals surface area contributed by atoms with Gasteiger partial charge in [-0.1, -0.05) is 0 Å². The van der Waals surface area contributed by atoms with Crippen molar-refractivity contribution in [2.45, 2.75) is 0 Å². The van der Waals surface area contributed by atoms with Gasteiger partial charge < -0.3 is 10.8 Å². The van der Waals surface area contributed by atoms with Crippen LogP contribution in [0.1, 0.15) is 0 Å². The average Bonchev–Trinajstić information content (AvgIpc) is 1.41. The summed E-state index contributed by atoms with van der Waals surface area (Å²) >= 11 is 0. The molecule has 7 heavy (non-hydrogen) atoms. The second kappa shape index (κ2) is 19.3. The molecular weight excluding hydrogens is 105 g/mol. The maximum Gasteiger partial charge on any atom is 0.402 e. The van der Waals surface area contributed by atoms with Gasteiger partial charge in [0, 0.05) is 0 Å². The third-order valence-electron chi connectivity index (χ3n) is 0. The number of rotatable bonds is 0. The van der Waals surface area contributed by atoms with Crippen molar-refractivity contribution in [2.24, 2.45) is 17.4 Å². The van der Waals surface area contributed by atoms with Crippen LogP contribution in [-0.2, 0) is 0 Å². The Morgan fingerprint density at radius 1 is 1.43 bits per heavy atom. The van der Waals surface area contributed by atoms with Crippen molar-refractivity contribution in [3.63, 3.8) is 0 Å². The zero-order valence-corrected chi connectivity index (χ0v) is 3.50. The molecule has 0 heterocycles. The Kier molecular flexibility index (Phi) is 45.5. The molecule has 0 radical (unpaired) electrons. The monoisotopic (exact) mass is 113 g/mol. The Bertz CT molecular complexity index is 35.9. The highest BCUT2D eigenvalue weighted by Crippen LogP contribution is 1.34. The lowest BCUT2D eigenvalue weighted by atomic mass is 11.3. The molecule has 46 valence electrons. The maximum atomic E-state index is 8.78. The Hall–Kier alpha value is -0.880. The molecule has 1 amide bonds. The molecule has 0 aromatic heterocycles. The van der Waals surface area contributed by atoms with Gasteiger partial charge in [-0.3, -0.25) is 16.4 Å². The van der Waals surface area contributed by atoms with Crippen LogP contribution in [0.4, 0.5) is 9.50 Å². The van der Waals surface area contributed by atoms with Crippen molar-refractivity contribution in [1.82, 2.24) is 0 Å². The molecule has 0 rings (SSSR count). The molecule has 7 N–H and O–H groups in total. The van der Waals surface area contributed by atoms with Gasteiger partial charge in [0.1, 0.15) is 0 Å². The fourth-order valence-electron chi connectivity index (χ4n) is 0. The van der Waals surface area contributed by atoms with E-state index in [1.165, 1.54) is 0 Å². The van der Waals surface area contributed by atoms with Crippen molar-refractivity contribution >= 4 is 6.09 Å². The molecule has 0 atom stereocenters. The molecule has 0 aliphatic carbocycles. The molecule has 0 aliphatic rings. The van der Waals surface area contributed by atoms with E-state index in [1.54, 1.807) is 0 Å². The third kappa shape index (κ3) is 64.4. The second-order valence-corrected chi connectivity index (χ2v) is 0.338. The number of carbonyl (C=O) groups is 1. The predicted molar refractivity (Wildman–Crippen MR) is 23.1 cm³/mol. The topological polar surface area (TPSA) is 115 Å². The largest absolute Gasteiger partial charge is 0.465 e. The van der Waals surface area contributed by atoms with Gasteiger partial charge in [-0.2, -0.15) is 0 Å². The smallest absolute Gasteiger partial charge is 0.402 e. The van der Waals surface area contributed by atoms with Gasteiger partial charge in [0.15, 0.2) is 0 Å². The van der Waals surface area contributed by atoms with Crippen LogP contribution in [0.2, 0.25) is 0 Å². The van der Waals surface area contributed by atoms with Crippen molar-refractivity contribution in [1.29, 1.82) is 0 Å². The lowest BCUT2D eigenvalue weighted by Gasteiger charge is -1.61. The minimum absolute atomic E-state index is 0. The number of amides is 1. The van der Waals surface area contributed by atoms with E-state index in [2.05, 4.69) is 17.4 Å². The van der Waals surface area contributed by atoms with Gasteiger partial charge >= 0.3 is 6.09 Å². The van der Waals surface area contributed by atoms with E-state index in [4.69, 9.17) is 9.90 Å². The molecule has 0 unspecified atom stereocenters. The molecule has 0 fully saturated rings. The van der Waals surface area contributed by atoms with Gasteiger partial charge in [-0.15, -0.1) is 0 Å². The van der Waals surface area contributed by atoms with Gasteiger partial charge in [-0.05, 0) is 0 Å². The van der Waals surface area contributed by atoms with Gasteiger partial charge in [0.25, 0.3) is 0 Å². The zero-order chi connectivity index (χ0) is 5.58. The van der Waals surface area contributed by atoms with Crippen LogP contribution in [0.5, 0.6) is 0 Å². The van der Waals surface area contributed by atoms with Crippen molar-refractivity contribution in [3.8, 4) is 0 Å². The van der Waals surface area contributed by atoms with Crippen LogP contribution in [0, 0.1) is 0 Å². The first-order valence-corrected chi connectivity index (χ1v) is 1.05. The highest BCUT2D eigenvalue weighted by atomic mass is 19.0. The summed E-state index contributed by atoms with van der Waals surface area (Å²) in [6.45, 7) is 0. The number of nitrogens with two attached hydrogens (primary N) is 3. The first-order valence-electron chi connectivity index (χ1n) is 1.05. The Labute approximate surface area is 39.4 Å². The van der Waals surface area contributed by atoms with Crippen LogP contribution in [0.25, 0.3) is 0 Å². The number of hydrogen-bond acceptors (Lipinski definition) is 3. The molecular formula is CH8FN3O2. The SMILES string of the molecule is F.NC(=O)O.NN. The lowest BCUT2D eigenvalue weighted by Crippen LogP contribution is -2.03. The molecule has 6 heteroatoms. The van der Waals surface area contributed by atoms with Crippen molar-refractivity contribution < 1.29 is 14.6 Å². The Balaban J connectivity index is -0.0000000480. The normalized spacial score (nSPS) is 4.29. The number of primary amides is 1. The molecule has 0 aromatic rings. The number of halogens is 1. The minimum Gasteiger partial charge on any atom is -0.465 e. The molecule has 0 aromatic carbocycles. The summed E-state index contributed by atoms with van der Waals surface area (Å²) < 4.78 is 0. The van der Waals surface area contributed by atoms with Gasteiger partial charge in [-0.25, -0.2) is 4.79 Å². The summed E-state index contributed by atoms with van der Waals surface area (Å²) in [7, 11) is 0. The molecule has 0 spiro atoms. The van der Waals surface area contributed by atoms with E-state index < -0.39 is 6.09 Å². The lowest BCUT2D eigenvalue weighted by molar-refractivity contribution is 0.205. The highest BCUT2D eigenvalue weighted by molar-refractivity contribution is 5.61. The van der Waals surface area contributed by atoms with Crippen molar-refractivity contribution in [3.05, 3.63) is 0 Å².